The standard InChI is InChI=1S/C11H23N3/c1-11(4-3-5-12-11)10-14-8-6-13(2)7-9-14/h12H,3-10H2,1-2H3. The van der Waals surface area contributed by atoms with Gasteiger partial charge in [0.2, 0.25) is 0 Å². The molecule has 2 aliphatic heterocycles. The van der Waals surface area contributed by atoms with E-state index in [1.807, 2.05) is 0 Å². The molecule has 3 nitrogen and oxygen atoms in total. The Hall–Kier alpha value is -0.120. The van der Waals surface area contributed by atoms with Gasteiger partial charge in [-0.2, -0.15) is 0 Å². The van der Waals surface area contributed by atoms with Crippen molar-refractivity contribution in [1.29, 1.82) is 0 Å². The molecule has 14 heavy (non-hydrogen) atoms. The third-order valence-electron chi connectivity index (χ3n) is 3.63. The molecule has 2 heterocycles. The van der Waals surface area contributed by atoms with Crippen LogP contribution in [0.15, 0.2) is 0 Å². The van der Waals surface area contributed by atoms with Crippen LogP contribution in [0.5, 0.6) is 0 Å². The topological polar surface area (TPSA) is 18.5 Å². The maximum Gasteiger partial charge on any atom is 0.0280 e. The zero-order valence-electron chi connectivity index (χ0n) is 9.55. The first-order valence-electron chi connectivity index (χ1n) is 5.84. The summed E-state index contributed by atoms with van der Waals surface area (Å²) in [6.45, 7) is 9.77. The normalized spacial score (nSPS) is 36.4. The molecule has 2 fully saturated rings. The molecule has 0 aromatic heterocycles. The highest BCUT2D eigenvalue weighted by molar-refractivity contribution is 4.92. The Balaban J connectivity index is 1.79. The van der Waals surface area contributed by atoms with Crippen LogP contribution in [0.25, 0.3) is 0 Å². The number of nitrogens with one attached hydrogen (secondary N) is 1. The van der Waals surface area contributed by atoms with Crippen LogP contribution in [-0.2, 0) is 0 Å². The summed E-state index contributed by atoms with van der Waals surface area (Å²) in [5, 5.41) is 3.64. The maximum absolute atomic E-state index is 3.64. The highest BCUT2D eigenvalue weighted by Gasteiger charge is 2.30. The van der Waals surface area contributed by atoms with Gasteiger partial charge in [0.05, 0.1) is 0 Å². The Labute approximate surface area is 87.4 Å². The predicted molar refractivity (Wildman–Crippen MR) is 59.6 cm³/mol. The van der Waals surface area contributed by atoms with Gasteiger partial charge in [-0.15, -0.1) is 0 Å². The van der Waals surface area contributed by atoms with E-state index in [1.165, 1.54) is 52.1 Å². The van der Waals surface area contributed by atoms with E-state index < -0.39 is 0 Å². The first-order valence-corrected chi connectivity index (χ1v) is 5.84. The van der Waals surface area contributed by atoms with Crippen molar-refractivity contribution >= 4 is 0 Å². The van der Waals surface area contributed by atoms with Gasteiger partial charge in [0, 0.05) is 38.3 Å². The Morgan fingerprint density at radius 3 is 2.50 bits per heavy atom. The predicted octanol–water partition coefficient (Wildman–Crippen LogP) is 0.376. The van der Waals surface area contributed by atoms with Gasteiger partial charge in [-0.05, 0) is 33.4 Å². The summed E-state index contributed by atoms with van der Waals surface area (Å²) in [5.41, 5.74) is 0.399. The van der Waals surface area contributed by atoms with Gasteiger partial charge < -0.3 is 10.2 Å². The Bertz CT molecular complexity index is 179. The number of nitrogens with zero attached hydrogens (tertiary/aromatic N) is 2. The summed E-state index contributed by atoms with van der Waals surface area (Å²) in [6.07, 6.45) is 2.70. The molecule has 2 rings (SSSR count). The van der Waals surface area contributed by atoms with Crippen molar-refractivity contribution in [2.75, 3.05) is 46.3 Å². The van der Waals surface area contributed by atoms with Gasteiger partial charge >= 0.3 is 0 Å². The van der Waals surface area contributed by atoms with Crippen LogP contribution in [0.4, 0.5) is 0 Å². The van der Waals surface area contributed by atoms with Gasteiger partial charge in [-0.3, -0.25) is 4.90 Å². The van der Waals surface area contributed by atoms with Crippen LogP contribution < -0.4 is 5.32 Å². The summed E-state index contributed by atoms with van der Waals surface area (Å²) in [6, 6.07) is 0. The molecular formula is C11H23N3. The second kappa shape index (κ2) is 4.17. The number of likely N-dealkylation sites (N-methyl/N-ethyl adjacent to an activating group) is 1. The van der Waals surface area contributed by atoms with Crippen LogP contribution in [-0.4, -0.2) is 61.7 Å². The molecule has 3 heteroatoms. The second-order valence-corrected chi connectivity index (χ2v) is 5.17. The van der Waals surface area contributed by atoms with E-state index in [4.69, 9.17) is 0 Å². The van der Waals surface area contributed by atoms with E-state index in [-0.39, 0.29) is 0 Å². The number of rotatable bonds is 2. The molecule has 1 unspecified atom stereocenters. The smallest absolute Gasteiger partial charge is 0.0280 e. The monoisotopic (exact) mass is 197 g/mol. The number of hydrogen-bond donors (Lipinski definition) is 1. The van der Waals surface area contributed by atoms with Crippen molar-refractivity contribution in [2.45, 2.75) is 25.3 Å². The minimum Gasteiger partial charge on any atom is -0.310 e. The van der Waals surface area contributed by atoms with Gasteiger partial charge in [-0.25, -0.2) is 0 Å². The zero-order valence-corrected chi connectivity index (χ0v) is 9.55. The fourth-order valence-electron chi connectivity index (χ4n) is 2.59. The van der Waals surface area contributed by atoms with Gasteiger partial charge in [0.1, 0.15) is 0 Å². The lowest BCUT2D eigenvalue weighted by atomic mass is 9.99. The largest absolute Gasteiger partial charge is 0.310 e. The third-order valence-corrected chi connectivity index (χ3v) is 3.63. The van der Waals surface area contributed by atoms with E-state index >= 15 is 0 Å². The van der Waals surface area contributed by atoms with Crippen molar-refractivity contribution in [2.24, 2.45) is 0 Å². The van der Waals surface area contributed by atoms with Crippen LogP contribution >= 0.6 is 0 Å². The number of hydrogen-bond acceptors (Lipinski definition) is 3. The van der Waals surface area contributed by atoms with Crippen molar-refractivity contribution in [1.82, 2.24) is 15.1 Å². The minimum atomic E-state index is 0.399. The summed E-state index contributed by atoms with van der Waals surface area (Å²) in [5.74, 6) is 0. The molecule has 2 aliphatic rings. The molecule has 1 atom stereocenters. The van der Waals surface area contributed by atoms with E-state index in [1.54, 1.807) is 0 Å². The molecular weight excluding hydrogens is 174 g/mol. The van der Waals surface area contributed by atoms with Crippen LogP contribution in [0.1, 0.15) is 19.8 Å². The molecule has 0 bridgehead atoms. The van der Waals surface area contributed by atoms with Crippen LogP contribution in [0.3, 0.4) is 0 Å². The molecule has 0 aliphatic carbocycles. The average Bonchev–Trinajstić information content (AvgIpc) is 2.57. The zero-order chi connectivity index (χ0) is 10.0. The van der Waals surface area contributed by atoms with Gasteiger partial charge in [0.25, 0.3) is 0 Å². The quantitative estimate of drug-likeness (QED) is 0.690. The van der Waals surface area contributed by atoms with E-state index in [0.29, 0.717) is 5.54 Å². The fraction of sp³-hybridized carbons (Fsp3) is 1.00. The first kappa shape index (κ1) is 10.4. The van der Waals surface area contributed by atoms with E-state index in [2.05, 4.69) is 29.1 Å². The van der Waals surface area contributed by atoms with Gasteiger partial charge in [0.15, 0.2) is 0 Å². The molecule has 2 saturated heterocycles. The second-order valence-electron chi connectivity index (χ2n) is 5.17. The van der Waals surface area contributed by atoms with Crippen molar-refractivity contribution < 1.29 is 0 Å². The summed E-state index contributed by atoms with van der Waals surface area (Å²) >= 11 is 0. The molecule has 1 N–H and O–H groups in total. The molecule has 0 aromatic rings. The molecule has 82 valence electrons. The highest BCUT2D eigenvalue weighted by Crippen LogP contribution is 2.20. The van der Waals surface area contributed by atoms with E-state index in [9.17, 15) is 0 Å². The van der Waals surface area contributed by atoms with Gasteiger partial charge in [-0.1, -0.05) is 0 Å². The molecule has 0 saturated carbocycles. The summed E-state index contributed by atoms with van der Waals surface area (Å²) < 4.78 is 0. The molecule has 0 radical (unpaired) electrons. The summed E-state index contributed by atoms with van der Waals surface area (Å²) in [7, 11) is 2.22. The Kier molecular flexibility index (Phi) is 3.10. The fourth-order valence-corrected chi connectivity index (χ4v) is 2.59. The molecule has 0 amide bonds. The lowest BCUT2D eigenvalue weighted by Crippen LogP contribution is -2.53. The molecule has 0 spiro atoms. The minimum absolute atomic E-state index is 0.399. The maximum atomic E-state index is 3.64. The van der Waals surface area contributed by atoms with E-state index in [0.717, 1.165) is 0 Å². The average molecular weight is 197 g/mol. The SMILES string of the molecule is CN1CCN(CC2(C)CCCN2)CC1. The first-order chi connectivity index (χ1) is 6.68. The van der Waals surface area contributed by atoms with Crippen molar-refractivity contribution in [3.63, 3.8) is 0 Å². The third kappa shape index (κ3) is 2.47. The lowest BCUT2D eigenvalue weighted by molar-refractivity contribution is 0.125. The van der Waals surface area contributed by atoms with Crippen molar-refractivity contribution in [3.05, 3.63) is 0 Å². The number of piperazine rings is 1. The van der Waals surface area contributed by atoms with Crippen molar-refractivity contribution in [3.8, 4) is 0 Å². The highest BCUT2D eigenvalue weighted by atomic mass is 15.3. The Morgan fingerprint density at radius 2 is 1.93 bits per heavy atom. The van der Waals surface area contributed by atoms with Crippen LogP contribution in [0, 0.1) is 0 Å². The lowest BCUT2D eigenvalue weighted by Gasteiger charge is -2.37. The summed E-state index contributed by atoms with van der Waals surface area (Å²) in [4.78, 5) is 5.03. The Morgan fingerprint density at radius 1 is 1.21 bits per heavy atom. The molecule has 0 aromatic carbocycles. The van der Waals surface area contributed by atoms with Crippen LogP contribution in [0.2, 0.25) is 0 Å².